The summed E-state index contributed by atoms with van der Waals surface area (Å²) >= 11 is 1.43. The van der Waals surface area contributed by atoms with Crippen LogP contribution in [0.2, 0.25) is 0 Å². The molecule has 7 nitrogen and oxygen atoms in total. The van der Waals surface area contributed by atoms with Crippen molar-refractivity contribution in [3.63, 3.8) is 0 Å². The minimum atomic E-state index is -0.0574. The molecule has 0 spiro atoms. The summed E-state index contributed by atoms with van der Waals surface area (Å²) in [6.07, 6.45) is 8.62. The second-order valence-electron chi connectivity index (χ2n) is 5.96. The maximum absolute atomic E-state index is 12.3. The van der Waals surface area contributed by atoms with E-state index >= 15 is 0 Å². The lowest BCUT2D eigenvalue weighted by Crippen LogP contribution is -2.34. The van der Waals surface area contributed by atoms with Crippen LogP contribution < -0.4 is 10.2 Å². The molecule has 3 aromatic heterocycles. The molecule has 0 radical (unpaired) electrons. The third-order valence-electron chi connectivity index (χ3n) is 4.59. The van der Waals surface area contributed by atoms with E-state index in [1.165, 1.54) is 11.3 Å². The van der Waals surface area contributed by atoms with Crippen molar-refractivity contribution in [3.8, 4) is 0 Å². The summed E-state index contributed by atoms with van der Waals surface area (Å²) in [6, 6.07) is 1.93. The third kappa shape index (κ3) is 2.93. The largest absolute Gasteiger partial charge is 0.356 e. The van der Waals surface area contributed by atoms with Gasteiger partial charge in [-0.1, -0.05) is 0 Å². The third-order valence-corrected chi connectivity index (χ3v) is 5.69. The number of rotatable bonds is 3. The normalized spacial score (nSPS) is 15.5. The van der Waals surface area contributed by atoms with Crippen molar-refractivity contribution in [1.82, 2.24) is 25.3 Å². The first-order valence-corrected chi connectivity index (χ1v) is 9.06. The number of carbonyl (C=O) groups excluding carboxylic acids is 1. The minimum Gasteiger partial charge on any atom is -0.356 e. The molecule has 0 saturated carbocycles. The van der Waals surface area contributed by atoms with Gasteiger partial charge in [0.1, 0.15) is 22.5 Å². The highest BCUT2D eigenvalue weighted by atomic mass is 32.1. The zero-order chi connectivity index (χ0) is 17.2. The van der Waals surface area contributed by atoms with Crippen LogP contribution in [-0.4, -0.2) is 46.0 Å². The van der Waals surface area contributed by atoms with E-state index in [9.17, 15) is 4.79 Å². The van der Waals surface area contributed by atoms with Crippen molar-refractivity contribution >= 4 is 33.4 Å². The quantitative estimate of drug-likeness (QED) is 0.776. The second-order valence-corrected chi connectivity index (χ2v) is 6.96. The zero-order valence-corrected chi connectivity index (χ0v) is 14.7. The van der Waals surface area contributed by atoms with Crippen LogP contribution in [0.3, 0.4) is 0 Å². The average molecular weight is 354 g/mol. The molecule has 1 amide bonds. The highest BCUT2D eigenvalue weighted by molar-refractivity contribution is 7.20. The highest BCUT2D eigenvalue weighted by Gasteiger charge is 2.29. The standard InChI is InChI=1S/C17H18N6OS/c1-18-16(24)15-13(14-17(25-15)21-7-6-20-14)11-3-8-23(9-4-11)12-2-5-19-10-22-12/h2,5-7,10-11H,3-4,8-9H2,1H3,(H,18,24). The molecule has 0 bridgehead atoms. The number of carbonyl (C=O) groups is 1. The Bertz CT molecular complexity index is 889. The summed E-state index contributed by atoms with van der Waals surface area (Å²) in [4.78, 5) is 33.4. The first kappa shape index (κ1) is 15.9. The van der Waals surface area contributed by atoms with Crippen LogP contribution in [0.15, 0.2) is 31.0 Å². The lowest BCUT2D eigenvalue weighted by molar-refractivity contribution is 0.0965. The van der Waals surface area contributed by atoms with Gasteiger partial charge in [-0.3, -0.25) is 9.78 Å². The number of nitrogens with one attached hydrogen (secondary N) is 1. The van der Waals surface area contributed by atoms with Crippen molar-refractivity contribution in [3.05, 3.63) is 41.4 Å². The Morgan fingerprint density at radius 1 is 1.20 bits per heavy atom. The molecule has 3 aromatic rings. The topological polar surface area (TPSA) is 83.9 Å². The SMILES string of the molecule is CNC(=O)c1sc2nccnc2c1C1CCN(c2ccncn2)CC1. The number of amides is 1. The maximum Gasteiger partial charge on any atom is 0.261 e. The van der Waals surface area contributed by atoms with Crippen molar-refractivity contribution < 1.29 is 4.79 Å². The summed E-state index contributed by atoms with van der Waals surface area (Å²) in [5, 5.41) is 2.74. The molecule has 4 rings (SSSR count). The van der Waals surface area contributed by atoms with Gasteiger partial charge in [0.2, 0.25) is 0 Å². The number of anilines is 1. The highest BCUT2D eigenvalue weighted by Crippen LogP contribution is 2.39. The molecule has 4 heterocycles. The van der Waals surface area contributed by atoms with Crippen LogP contribution in [0.25, 0.3) is 10.3 Å². The number of nitrogens with zero attached hydrogens (tertiary/aromatic N) is 5. The number of thiophene rings is 1. The van der Waals surface area contributed by atoms with Gasteiger partial charge in [-0.15, -0.1) is 11.3 Å². The lowest BCUT2D eigenvalue weighted by Gasteiger charge is -2.32. The first-order chi connectivity index (χ1) is 12.3. The van der Waals surface area contributed by atoms with E-state index in [0.717, 1.165) is 52.5 Å². The molecule has 1 N–H and O–H groups in total. The number of piperidine rings is 1. The van der Waals surface area contributed by atoms with Crippen molar-refractivity contribution in [2.24, 2.45) is 0 Å². The lowest BCUT2D eigenvalue weighted by atomic mass is 9.88. The molecule has 8 heteroatoms. The molecule has 1 fully saturated rings. The van der Waals surface area contributed by atoms with Gasteiger partial charge < -0.3 is 10.2 Å². The number of fused-ring (bicyclic) bond motifs is 1. The predicted octanol–water partition coefficient (Wildman–Crippen LogP) is 2.22. The molecule has 1 saturated heterocycles. The van der Waals surface area contributed by atoms with Crippen LogP contribution >= 0.6 is 11.3 Å². The number of hydrogen-bond donors (Lipinski definition) is 1. The van der Waals surface area contributed by atoms with Crippen LogP contribution in [0.5, 0.6) is 0 Å². The van der Waals surface area contributed by atoms with Gasteiger partial charge in [0.05, 0.1) is 4.88 Å². The van der Waals surface area contributed by atoms with E-state index in [2.05, 4.69) is 30.2 Å². The molecule has 0 unspecified atom stereocenters. The van der Waals surface area contributed by atoms with Crippen molar-refractivity contribution in [1.29, 1.82) is 0 Å². The van der Waals surface area contributed by atoms with Gasteiger partial charge in [0.15, 0.2) is 0 Å². The fourth-order valence-corrected chi connectivity index (χ4v) is 4.51. The van der Waals surface area contributed by atoms with Crippen LogP contribution in [0.4, 0.5) is 5.82 Å². The summed E-state index contributed by atoms with van der Waals surface area (Å²) in [7, 11) is 1.66. The van der Waals surface area contributed by atoms with Crippen LogP contribution in [-0.2, 0) is 0 Å². The van der Waals surface area contributed by atoms with Gasteiger partial charge in [0.25, 0.3) is 5.91 Å². The van der Waals surface area contributed by atoms with E-state index in [1.54, 1.807) is 32.0 Å². The van der Waals surface area contributed by atoms with E-state index < -0.39 is 0 Å². The molecule has 0 atom stereocenters. The van der Waals surface area contributed by atoms with E-state index in [4.69, 9.17) is 0 Å². The van der Waals surface area contributed by atoms with Crippen LogP contribution in [0, 0.1) is 0 Å². The Balaban J connectivity index is 1.63. The van der Waals surface area contributed by atoms with E-state index in [1.807, 2.05) is 6.07 Å². The Morgan fingerprint density at radius 2 is 2.00 bits per heavy atom. The molecule has 0 aromatic carbocycles. The first-order valence-electron chi connectivity index (χ1n) is 8.24. The number of aromatic nitrogens is 4. The molecular weight excluding hydrogens is 336 g/mol. The predicted molar refractivity (Wildman–Crippen MR) is 97.0 cm³/mol. The Hall–Kier alpha value is -2.61. The minimum absolute atomic E-state index is 0.0574. The molecule has 1 aliphatic heterocycles. The molecule has 0 aliphatic carbocycles. The maximum atomic E-state index is 12.3. The molecular formula is C17H18N6OS. The average Bonchev–Trinajstić information content (AvgIpc) is 3.08. The van der Waals surface area contributed by atoms with Crippen molar-refractivity contribution in [2.45, 2.75) is 18.8 Å². The van der Waals surface area contributed by atoms with Gasteiger partial charge in [0, 0.05) is 44.3 Å². The zero-order valence-electron chi connectivity index (χ0n) is 13.8. The van der Waals surface area contributed by atoms with E-state index in [-0.39, 0.29) is 5.91 Å². The fourth-order valence-electron chi connectivity index (χ4n) is 3.37. The molecule has 25 heavy (non-hydrogen) atoms. The second kappa shape index (κ2) is 6.72. The monoisotopic (exact) mass is 354 g/mol. The van der Waals surface area contributed by atoms with Gasteiger partial charge in [-0.25, -0.2) is 15.0 Å². The van der Waals surface area contributed by atoms with Crippen molar-refractivity contribution in [2.75, 3.05) is 25.0 Å². The van der Waals surface area contributed by atoms with E-state index in [0.29, 0.717) is 5.92 Å². The molecule has 128 valence electrons. The summed E-state index contributed by atoms with van der Waals surface area (Å²) in [6.45, 7) is 1.79. The van der Waals surface area contributed by atoms with Crippen LogP contribution in [0.1, 0.15) is 34.0 Å². The summed E-state index contributed by atoms with van der Waals surface area (Å²) < 4.78 is 0. The van der Waals surface area contributed by atoms with Gasteiger partial charge >= 0.3 is 0 Å². The molecule has 1 aliphatic rings. The smallest absolute Gasteiger partial charge is 0.261 e. The summed E-state index contributed by atoms with van der Waals surface area (Å²) in [5.74, 6) is 1.20. The Labute approximate surface area is 149 Å². The summed E-state index contributed by atoms with van der Waals surface area (Å²) in [5.41, 5.74) is 1.92. The van der Waals surface area contributed by atoms with Gasteiger partial charge in [-0.05, 0) is 24.8 Å². The Kier molecular flexibility index (Phi) is 4.27. The van der Waals surface area contributed by atoms with Gasteiger partial charge in [-0.2, -0.15) is 0 Å². The number of hydrogen-bond acceptors (Lipinski definition) is 7. The fraction of sp³-hybridized carbons (Fsp3) is 0.353. The Morgan fingerprint density at radius 3 is 2.72 bits per heavy atom.